The predicted octanol–water partition coefficient (Wildman–Crippen LogP) is 2.91. The van der Waals surface area contributed by atoms with Crippen molar-refractivity contribution in [2.24, 2.45) is 0 Å². The summed E-state index contributed by atoms with van der Waals surface area (Å²) in [7, 11) is 0. The molecule has 0 spiro atoms. The fourth-order valence-corrected chi connectivity index (χ4v) is 3.47. The highest BCUT2D eigenvalue weighted by Crippen LogP contribution is 2.29. The third kappa shape index (κ3) is 6.72. The minimum atomic E-state index is -3.11. The zero-order valence-corrected chi connectivity index (χ0v) is 19.3. The number of aliphatic hydroxyl groups is 1. The Morgan fingerprint density at radius 1 is 1.29 bits per heavy atom. The fraction of sp³-hybridized carbons (Fsp3) is 0.522. The second kappa shape index (κ2) is 10.9. The van der Waals surface area contributed by atoms with Crippen molar-refractivity contribution in [1.29, 1.82) is 0 Å². The van der Waals surface area contributed by atoms with Crippen molar-refractivity contribution >= 4 is 11.7 Å². The van der Waals surface area contributed by atoms with Gasteiger partial charge < -0.3 is 24.8 Å². The zero-order chi connectivity index (χ0) is 24.9. The molecular formula is C23H29F3N4O4. The molecule has 3 rings (SSSR count). The number of alkyl halides is 2. The maximum absolute atomic E-state index is 14.7. The Morgan fingerprint density at radius 2 is 2.00 bits per heavy atom. The lowest BCUT2D eigenvalue weighted by molar-refractivity contribution is -0.123. The summed E-state index contributed by atoms with van der Waals surface area (Å²) in [6, 6.07) is 6.80. The lowest BCUT2D eigenvalue weighted by Gasteiger charge is -2.20. The molecule has 2 heterocycles. The molecule has 1 amide bonds. The summed E-state index contributed by atoms with van der Waals surface area (Å²) in [5.74, 6) is -4.52. The van der Waals surface area contributed by atoms with E-state index >= 15 is 0 Å². The van der Waals surface area contributed by atoms with Gasteiger partial charge in [-0.2, -0.15) is 9.37 Å². The van der Waals surface area contributed by atoms with Crippen LogP contribution in [0.3, 0.4) is 0 Å². The number of nitrogens with one attached hydrogen (secondary N) is 1. The molecule has 0 bridgehead atoms. The molecule has 3 atom stereocenters. The van der Waals surface area contributed by atoms with Crippen LogP contribution in [-0.4, -0.2) is 65.4 Å². The van der Waals surface area contributed by atoms with Crippen molar-refractivity contribution in [3.8, 4) is 11.6 Å². The lowest BCUT2D eigenvalue weighted by Crippen LogP contribution is -2.37. The maximum atomic E-state index is 14.7. The zero-order valence-electron chi connectivity index (χ0n) is 19.3. The Hall–Kier alpha value is -3.08. The van der Waals surface area contributed by atoms with Crippen LogP contribution in [-0.2, 0) is 4.79 Å². The topological polar surface area (TPSA) is 96.8 Å². The molecule has 2 N–H and O–H groups in total. The average Bonchev–Trinajstić information content (AvgIpc) is 3.25. The number of aromatic nitrogens is 2. The van der Waals surface area contributed by atoms with E-state index in [0.717, 1.165) is 11.9 Å². The number of halogens is 3. The normalized spacial score (nSPS) is 17.9. The molecule has 11 heteroatoms. The summed E-state index contributed by atoms with van der Waals surface area (Å²) in [6.45, 7) is 3.86. The number of amides is 1. The van der Waals surface area contributed by atoms with E-state index in [2.05, 4.69) is 15.3 Å². The summed E-state index contributed by atoms with van der Waals surface area (Å²) >= 11 is 0. The fourth-order valence-electron chi connectivity index (χ4n) is 3.47. The van der Waals surface area contributed by atoms with Gasteiger partial charge in [0.15, 0.2) is 12.4 Å². The number of carbonyl (C=O) groups is 1. The van der Waals surface area contributed by atoms with Gasteiger partial charge in [0.25, 0.3) is 11.8 Å². The van der Waals surface area contributed by atoms with Crippen molar-refractivity contribution in [1.82, 2.24) is 15.3 Å². The molecule has 2 aromatic rings. The third-order valence-corrected chi connectivity index (χ3v) is 5.38. The van der Waals surface area contributed by atoms with Gasteiger partial charge in [-0.15, -0.1) is 0 Å². The van der Waals surface area contributed by atoms with Gasteiger partial charge in [0.2, 0.25) is 11.7 Å². The summed E-state index contributed by atoms with van der Waals surface area (Å²) in [5.41, 5.74) is 0.802. The smallest absolute Gasteiger partial charge is 0.278 e. The van der Waals surface area contributed by atoms with Gasteiger partial charge in [0.1, 0.15) is 18.2 Å². The van der Waals surface area contributed by atoms with Crippen LogP contribution >= 0.6 is 0 Å². The molecule has 8 nitrogen and oxygen atoms in total. The molecule has 1 fully saturated rings. The van der Waals surface area contributed by atoms with Gasteiger partial charge in [0, 0.05) is 25.9 Å². The number of rotatable bonds is 10. The Labute approximate surface area is 196 Å². The van der Waals surface area contributed by atoms with Gasteiger partial charge in [-0.3, -0.25) is 4.79 Å². The Morgan fingerprint density at radius 3 is 2.65 bits per heavy atom. The van der Waals surface area contributed by atoms with Gasteiger partial charge in [-0.25, -0.2) is 13.8 Å². The van der Waals surface area contributed by atoms with Crippen molar-refractivity contribution in [2.45, 2.75) is 51.2 Å². The van der Waals surface area contributed by atoms with Crippen LogP contribution in [0, 0.1) is 5.82 Å². The first kappa shape index (κ1) is 25.5. The molecule has 0 aliphatic carbocycles. The highest BCUT2D eigenvalue weighted by molar-refractivity contribution is 5.83. The Bertz CT molecular complexity index is 972. The van der Waals surface area contributed by atoms with Crippen molar-refractivity contribution in [3.05, 3.63) is 42.0 Å². The molecule has 1 aromatic heterocycles. The van der Waals surface area contributed by atoms with E-state index in [-0.39, 0.29) is 30.5 Å². The SMILES string of the molecule is CC(CO)NC(=O)C(C)c1ccc(O[C@@H]2CCN(c3ncnc(OCC(C)(F)F)c3F)C2)cc1. The predicted molar refractivity (Wildman–Crippen MR) is 119 cm³/mol. The van der Waals surface area contributed by atoms with Crippen LogP contribution < -0.4 is 19.7 Å². The van der Waals surface area contributed by atoms with E-state index in [1.165, 1.54) is 0 Å². The Balaban J connectivity index is 1.58. The summed E-state index contributed by atoms with van der Waals surface area (Å²) in [6.07, 6.45) is 1.44. The van der Waals surface area contributed by atoms with E-state index in [4.69, 9.17) is 14.6 Å². The monoisotopic (exact) mass is 482 g/mol. The quantitative estimate of drug-likeness (QED) is 0.538. The van der Waals surface area contributed by atoms with E-state index < -0.39 is 30.1 Å². The lowest BCUT2D eigenvalue weighted by atomic mass is 10.00. The molecule has 1 aromatic carbocycles. The van der Waals surface area contributed by atoms with Crippen LogP contribution in [0.15, 0.2) is 30.6 Å². The van der Waals surface area contributed by atoms with Gasteiger partial charge in [-0.1, -0.05) is 12.1 Å². The van der Waals surface area contributed by atoms with Gasteiger partial charge >= 0.3 is 0 Å². The minimum absolute atomic E-state index is 0.0252. The first-order valence-electron chi connectivity index (χ1n) is 11.0. The molecule has 34 heavy (non-hydrogen) atoms. The van der Waals surface area contributed by atoms with Crippen LogP contribution in [0.1, 0.15) is 38.7 Å². The highest BCUT2D eigenvalue weighted by Gasteiger charge is 2.30. The van der Waals surface area contributed by atoms with Crippen molar-refractivity contribution < 1.29 is 32.5 Å². The number of benzene rings is 1. The number of carbonyl (C=O) groups excluding carboxylic acids is 1. The van der Waals surface area contributed by atoms with Crippen LogP contribution in [0.5, 0.6) is 11.6 Å². The third-order valence-electron chi connectivity index (χ3n) is 5.38. The number of ether oxygens (including phenoxy) is 2. The number of nitrogens with zero attached hydrogens (tertiary/aromatic N) is 3. The minimum Gasteiger partial charge on any atom is -0.489 e. The molecule has 1 aliphatic heterocycles. The largest absolute Gasteiger partial charge is 0.489 e. The summed E-state index contributed by atoms with van der Waals surface area (Å²) < 4.78 is 51.6. The van der Waals surface area contributed by atoms with Gasteiger partial charge in [0.05, 0.1) is 19.1 Å². The second-order valence-electron chi connectivity index (χ2n) is 8.53. The number of hydrogen-bond acceptors (Lipinski definition) is 7. The average molecular weight is 483 g/mol. The molecule has 0 radical (unpaired) electrons. The van der Waals surface area contributed by atoms with Crippen molar-refractivity contribution in [3.63, 3.8) is 0 Å². The number of hydrogen-bond donors (Lipinski definition) is 2. The molecule has 1 saturated heterocycles. The Kier molecular flexibility index (Phi) is 8.19. The molecule has 0 saturated carbocycles. The first-order valence-corrected chi connectivity index (χ1v) is 11.0. The summed E-state index contributed by atoms with van der Waals surface area (Å²) in [5, 5.41) is 11.8. The van der Waals surface area contributed by atoms with Crippen LogP contribution in [0.2, 0.25) is 0 Å². The van der Waals surface area contributed by atoms with E-state index in [0.29, 0.717) is 32.2 Å². The summed E-state index contributed by atoms with van der Waals surface area (Å²) in [4.78, 5) is 21.5. The molecule has 186 valence electrons. The van der Waals surface area contributed by atoms with E-state index in [1.54, 1.807) is 43.0 Å². The standard InChI is InChI=1S/C23H29F3N4O4/c1-14(11-31)29-21(32)15(2)16-4-6-17(7-5-16)34-18-8-9-30(10-18)20-19(24)22(28-13-27-20)33-12-23(3,25)26/h4-7,13-15,18,31H,8-12H2,1-3H3,(H,29,32)/t14?,15?,18-/m1/s1. The van der Waals surface area contributed by atoms with Gasteiger partial charge in [-0.05, 0) is 31.5 Å². The van der Waals surface area contributed by atoms with Crippen molar-refractivity contribution in [2.75, 3.05) is 31.2 Å². The molecular weight excluding hydrogens is 453 g/mol. The maximum Gasteiger partial charge on any atom is 0.278 e. The molecule has 2 unspecified atom stereocenters. The van der Waals surface area contributed by atoms with Crippen LogP contribution in [0.25, 0.3) is 0 Å². The number of aliphatic hydroxyl groups excluding tert-OH is 1. The van der Waals surface area contributed by atoms with E-state index in [9.17, 15) is 18.0 Å². The van der Waals surface area contributed by atoms with E-state index in [1.807, 2.05) is 0 Å². The second-order valence-corrected chi connectivity index (χ2v) is 8.53. The van der Waals surface area contributed by atoms with Crippen LogP contribution in [0.4, 0.5) is 19.0 Å². The highest BCUT2D eigenvalue weighted by atomic mass is 19.3. The first-order chi connectivity index (χ1) is 16.1. The number of anilines is 1. The molecule has 1 aliphatic rings.